The van der Waals surface area contributed by atoms with Crippen LogP contribution in [0.2, 0.25) is 5.28 Å². The predicted molar refractivity (Wildman–Crippen MR) is 156 cm³/mol. The number of anilines is 1. The number of ether oxygens (including phenoxy) is 1. The van der Waals surface area contributed by atoms with Crippen LogP contribution in [0.25, 0.3) is 11.2 Å². The van der Waals surface area contributed by atoms with Crippen molar-refractivity contribution in [3.63, 3.8) is 0 Å². The van der Waals surface area contributed by atoms with Crippen LogP contribution in [-0.2, 0) is 22.6 Å². The number of hydrogen-bond acceptors (Lipinski definition) is 10. The number of carbonyl (C=O) groups is 2. The predicted octanol–water partition coefficient (Wildman–Crippen LogP) is 2.70. The van der Waals surface area contributed by atoms with Gasteiger partial charge in [0.2, 0.25) is 5.28 Å². The molecule has 0 saturated heterocycles. The maximum atomic E-state index is 12.6. The monoisotopic (exact) mass is 609 g/mol. The van der Waals surface area contributed by atoms with Gasteiger partial charge >= 0.3 is 6.09 Å². The average Bonchev–Trinajstić information content (AvgIpc) is 3.62. The van der Waals surface area contributed by atoms with Gasteiger partial charge in [0.1, 0.15) is 13.2 Å². The summed E-state index contributed by atoms with van der Waals surface area (Å²) in [7, 11) is 0. The SMILES string of the molecule is O=C(NCC(=O)N(O)C1C[C@@H](n2cnc3c(N[C@H](CO)Cc4ccccc4)nc(Cl)nc32)[C@@H](O)C1)OCc1ccccc1. The Labute approximate surface area is 252 Å². The Morgan fingerprint density at radius 1 is 1.07 bits per heavy atom. The Hall–Kier alpha value is -4.30. The Morgan fingerprint density at radius 3 is 2.47 bits per heavy atom. The van der Waals surface area contributed by atoms with E-state index in [4.69, 9.17) is 16.3 Å². The van der Waals surface area contributed by atoms with Crippen molar-refractivity contribution >= 4 is 40.6 Å². The number of aromatic nitrogens is 4. The summed E-state index contributed by atoms with van der Waals surface area (Å²) in [4.78, 5) is 37.7. The Kier molecular flexibility index (Phi) is 9.67. The molecule has 226 valence electrons. The number of hydrogen-bond donors (Lipinski definition) is 5. The van der Waals surface area contributed by atoms with Crippen LogP contribution in [0.15, 0.2) is 67.0 Å². The van der Waals surface area contributed by atoms with Crippen molar-refractivity contribution in [3.05, 3.63) is 83.4 Å². The first kappa shape index (κ1) is 30.2. The minimum Gasteiger partial charge on any atom is -0.445 e. The molecule has 4 atom stereocenters. The molecule has 2 aromatic heterocycles. The normalized spacial score (nSPS) is 18.7. The van der Waals surface area contributed by atoms with E-state index in [0.717, 1.165) is 11.1 Å². The highest BCUT2D eigenvalue weighted by Gasteiger charge is 2.40. The third-order valence-electron chi connectivity index (χ3n) is 7.31. The summed E-state index contributed by atoms with van der Waals surface area (Å²) in [6.45, 7) is -0.610. The van der Waals surface area contributed by atoms with E-state index in [1.807, 2.05) is 48.5 Å². The van der Waals surface area contributed by atoms with Gasteiger partial charge in [-0.3, -0.25) is 10.0 Å². The molecule has 14 heteroatoms. The van der Waals surface area contributed by atoms with Gasteiger partial charge in [-0.2, -0.15) is 9.97 Å². The van der Waals surface area contributed by atoms with E-state index in [1.165, 1.54) is 6.33 Å². The van der Waals surface area contributed by atoms with Gasteiger partial charge in [-0.15, -0.1) is 0 Å². The number of imidazole rings is 1. The van der Waals surface area contributed by atoms with Gasteiger partial charge in [-0.1, -0.05) is 60.7 Å². The molecule has 2 heterocycles. The second kappa shape index (κ2) is 13.8. The number of aliphatic hydroxyl groups is 2. The fourth-order valence-corrected chi connectivity index (χ4v) is 5.32. The molecule has 5 N–H and O–H groups in total. The zero-order valence-corrected chi connectivity index (χ0v) is 23.8. The smallest absolute Gasteiger partial charge is 0.407 e. The van der Waals surface area contributed by atoms with Crippen LogP contribution in [0.3, 0.4) is 0 Å². The first-order chi connectivity index (χ1) is 20.8. The van der Waals surface area contributed by atoms with E-state index < -0.39 is 36.7 Å². The summed E-state index contributed by atoms with van der Waals surface area (Å²) in [5.41, 5.74) is 2.56. The van der Waals surface area contributed by atoms with Crippen molar-refractivity contribution in [2.75, 3.05) is 18.5 Å². The summed E-state index contributed by atoms with van der Waals surface area (Å²) in [5.74, 6) is -0.424. The number of alkyl carbamates (subject to hydrolysis) is 1. The molecule has 2 aromatic carbocycles. The molecular formula is C29H32ClN7O6. The molecule has 1 unspecified atom stereocenters. The lowest BCUT2D eigenvalue weighted by Crippen LogP contribution is -2.43. The quantitative estimate of drug-likeness (QED) is 0.0965. The van der Waals surface area contributed by atoms with Crippen LogP contribution in [0.4, 0.5) is 10.6 Å². The minimum atomic E-state index is -0.943. The van der Waals surface area contributed by atoms with E-state index in [9.17, 15) is 25.0 Å². The van der Waals surface area contributed by atoms with Crippen molar-refractivity contribution in [1.29, 1.82) is 0 Å². The van der Waals surface area contributed by atoms with Gasteiger partial charge in [0, 0.05) is 0 Å². The number of halogens is 1. The standard InChI is InChI=1S/C29H32ClN7O6/c30-28-34-26(33-20(15-38)11-18-7-3-1-4-8-18)25-27(35-28)36(17-32-25)22-12-21(13-23(22)39)37(42)24(40)14-31-29(41)43-16-19-9-5-2-6-10-19/h1-10,17,20-23,38-39,42H,11-16H2,(H,31,41)(H,33,34,35)/t20-,21?,22+,23-/m0/s1. The van der Waals surface area contributed by atoms with Crippen LogP contribution in [0.1, 0.15) is 30.0 Å². The molecule has 0 aliphatic heterocycles. The highest BCUT2D eigenvalue weighted by Crippen LogP contribution is 2.36. The second-order valence-corrected chi connectivity index (χ2v) is 10.6. The summed E-state index contributed by atoms with van der Waals surface area (Å²) in [6.07, 6.45) is 0.555. The molecule has 0 spiro atoms. The van der Waals surface area contributed by atoms with Gasteiger partial charge in [-0.25, -0.2) is 14.8 Å². The first-order valence-corrected chi connectivity index (χ1v) is 14.1. The fraction of sp³-hybridized carbons (Fsp3) is 0.345. The minimum absolute atomic E-state index is 0.0392. The third-order valence-corrected chi connectivity index (χ3v) is 7.48. The number of nitrogens with one attached hydrogen (secondary N) is 2. The molecule has 2 amide bonds. The zero-order chi connectivity index (χ0) is 30.3. The molecule has 1 aliphatic carbocycles. The van der Waals surface area contributed by atoms with Crippen molar-refractivity contribution in [1.82, 2.24) is 29.9 Å². The molecule has 1 aliphatic rings. The van der Waals surface area contributed by atoms with Crippen molar-refractivity contribution in [2.24, 2.45) is 0 Å². The number of amides is 2. The molecule has 0 bridgehead atoms. The summed E-state index contributed by atoms with van der Waals surface area (Å²) in [6, 6.07) is 17.1. The van der Waals surface area contributed by atoms with Gasteiger partial charge in [-0.05, 0) is 42.0 Å². The topological polar surface area (TPSA) is 175 Å². The van der Waals surface area contributed by atoms with Crippen molar-refractivity contribution in [3.8, 4) is 0 Å². The molecular weight excluding hydrogens is 578 g/mol. The number of aliphatic hydroxyl groups excluding tert-OH is 2. The highest BCUT2D eigenvalue weighted by atomic mass is 35.5. The highest BCUT2D eigenvalue weighted by molar-refractivity contribution is 6.28. The summed E-state index contributed by atoms with van der Waals surface area (Å²) >= 11 is 6.25. The molecule has 13 nitrogen and oxygen atoms in total. The van der Waals surface area contributed by atoms with E-state index in [1.54, 1.807) is 16.7 Å². The number of rotatable bonds is 11. The Balaban J connectivity index is 1.21. The van der Waals surface area contributed by atoms with Crippen LogP contribution < -0.4 is 10.6 Å². The van der Waals surface area contributed by atoms with Crippen LogP contribution >= 0.6 is 11.6 Å². The van der Waals surface area contributed by atoms with Gasteiger partial charge in [0.25, 0.3) is 5.91 Å². The lowest BCUT2D eigenvalue weighted by Gasteiger charge is -2.22. The Morgan fingerprint density at radius 2 is 1.77 bits per heavy atom. The molecule has 5 rings (SSSR count). The lowest BCUT2D eigenvalue weighted by molar-refractivity contribution is -0.174. The van der Waals surface area contributed by atoms with Crippen LogP contribution in [-0.4, -0.2) is 83.3 Å². The molecule has 1 saturated carbocycles. The lowest BCUT2D eigenvalue weighted by atomic mass is 10.1. The molecule has 4 aromatic rings. The van der Waals surface area contributed by atoms with Crippen LogP contribution in [0, 0.1) is 0 Å². The number of fused-ring (bicyclic) bond motifs is 1. The maximum absolute atomic E-state index is 12.6. The van der Waals surface area contributed by atoms with Gasteiger partial charge in [0.05, 0.1) is 37.2 Å². The Bertz CT molecular complexity index is 1540. The van der Waals surface area contributed by atoms with E-state index >= 15 is 0 Å². The summed E-state index contributed by atoms with van der Waals surface area (Å²) in [5, 5.41) is 37.5. The molecule has 0 radical (unpaired) electrons. The number of carbonyl (C=O) groups excluding carboxylic acids is 2. The van der Waals surface area contributed by atoms with Gasteiger partial charge in [0.15, 0.2) is 17.0 Å². The van der Waals surface area contributed by atoms with E-state index in [2.05, 4.69) is 25.6 Å². The average molecular weight is 610 g/mol. The second-order valence-electron chi connectivity index (χ2n) is 10.3. The molecule has 1 fully saturated rings. The first-order valence-electron chi connectivity index (χ1n) is 13.8. The van der Waals surface area contributed by atoms with E-state index in [-0.39, 0.29) is 37.4 Å². The van der Waals surface area contributed by atoms with Crippen molar-refractivity contribution in [2.45, 2.75) is 50.1 Å². The summed E-state index contributed by atoms with van der Waals surface area (Å²) < 4.78 is 6.73. The zero-order valence-electron chi connectivity index (χ0n) is 23.1. The number of benzene rings is 2. The largest absolute Gasteiger partial charge is 0.445 e. The fourth-order valence-electron chi connectivity index (χ4n) is 5.16. The maximum Gasteiger partial charge on any atom is 0.407 e. The van der Waals surface area contributed by atoms with E-state index in [0.29, 0.717) is 28.5 Å². The third kappa shape index (κ3) is 7.38. The van der Waals surface area contributed by atoms with Crippen LogP contribution in [0.5, 0.6) is 0 Å². The number of nitrogens with zero attached hydrogens (tertiary/aromatic N) is 5. The van der Waals surface area contributed by atoms with Gasteiger partial charge < -0.3 is 30.2 Å². The number of hydroxylamine groups is 2. The van der Waals surface area contributed by atoms with Crippen molar-refractivity contribution < 1.29 is 29.7 Å². The molecule has 43 heavy (non-hydrogen) atoms.